The minimum absolute atomic E-state index is 0.0839. The van der Waals surface area contributed by atoms with Gasteiger partial charge < -0.3 is 10.2 Å². The van der Waals surface area contributed by atoms with Gasteiger partial charge in [0.2, 0.25) is 11.8 Å². The number of aryl methyl sites for hydroxylation is 1. The number of nitrogens with zero attached hydrogens (tertiary/aromatic N) is 2. The van der Waals surface area contributed by atoms with Crippen molar-refractivity contribution in [1.29, 1.82) is 0 Å². The maximum Gasteiger partial charge on any atom is 0.259 e. The molecule has 1 aliphatic rings. The lowest BCUT2D eigenvalue weighted by atomic mass is 10.0. The molecule has 1 atom stereocenters. The van der Waals surface area contributed by atoms with Gasteiger partial charge in [-0.25, -0.2) is 0 Å². The van der Waals surface area contributed by atoms with Gasteiger partial charge in [0.05, 0.1) is 5.69 Å². The first-order valence-corrected chi connectivity index (χ1v) is 13.3. The third-order valence-corrected chi connectivity index (χ3v) is 7.12. The van der Waals surface area contributed by atoms with Gasteiger partial charge in [-0.3, -0.25) is 19.3 Å². The van der Waals surface area contributed by atoms with Gasteiger partial charge in [0.1, 0.15) is 12.6 Å². The van der Waals surface area contributed by atoms with Crippen molar-refractivity contribution in [2.75, 3.05) is 11.4 Å². The Labute approximate surface area is 229 Å². The first-order valence-electron chi connectivity index (χ1n) is 13.3. The third-order valence-electron chi connectivity index (χ3n) is 7.12. The fourth-order valence-electron chi connectivity index (χ4n) is 5.19. The quantitative estimate of drug-likeness (QED) is 0.327. The van der Waals surface area contributed by atoms with E-state index in [0.717, 1.165) is 33.2 Å². The molecule has 0 saturated heterocycles. The smallest absolute Gasteiger partial charge is 0.259 e. The molecule has 4 aromatic rings. The van der Waals surface area contributed by atoms with Crippen molar-refractivity contribution in [3.8, 4) is 0 Å². The molecule has 0 aromatic heterocycles. The Morgan fingerprint density at radius 1 is 0.846 bits per heavy atom. The van der Waals surface area contributed by atoms with E-state index in [9.17, 15) is 14.4 Å². The van der Waals surface area contributed by atoms with Crippen LogP contribution in [0.4, 0.5) is 5.69 Å². The second-order valence-electron chi connectivity index (χ2n) is 10.4. The maximum atomic E-state index is 14.2. The molecule has 5 rings (SSSR count). The Morgan fingerprint density at radius 2 is 1.54 bits per heavy atom. The molecule has 4 aromatic carbocycles. The number of carbonyl (C=O) groups excluding carboxylic acids is 3. The highest BCUT2D eigenvalue weighted by Crippen LogP contribution is 2.37. The largest absolute Gasteiger partial charge is 0.352 e. The van der Waals surface area contributed by atoms with Crippen LogP contribution in [0.5, 0.6) is 0 Å². The van der Waals surface area contributed by atoms with E-state index in [-0.39, 0.29) is 36.9 Å². The Morgan fingerprint density at radius 3 is 2.23 bits per heavy atom. The van der Waals surface area contributed by atoms with Gasteiger partial charge in [-0.1, -0.05) is 84.4 Å². The molecule has 0 unspecified atom stereocenters. The van der Waals surface area contributed by atoms with Gasteiger partial charge in [-0.15, -0.1) is 0 Å². The number of rotatable bonds is 9. The van der Waals surface area contributed by atoms with Crippen LogP contribution in [0, 0.1) is 6.92 Å². The summed E-state index contributed by atoms with van der Waals surface area (Å²) in [7, 11) is 0. The topological polar surface area (TPSA) is 69.7 Å². The highest BCUT2D eigenvalue weighted by Gasteiger charge is 2.35. The summed E-state index contributed by atoms with van der Waals surface area (Å²) in [5, 5.41) is 4.84. The SMILES string of the molecule is Cc1ccc(CN(C(=O)CN2C(=O)c3cccc4cccc2c34)[C@H](Cc2ccccc2)C(=O)NC(C)C)cc1. The van der Waals surface area contributed by atoms with Gasteiger partial charge >= 0.3 is 0 Å². The van der Waals surface area contributed by atoms with Crippen LogP contribution >= 0.6 is 0 Å². The zero-order valence-electron chi connectivity index (χ0n) is 22.6. The van der Waals surface area contributed by atoms with Crippen molar-refractivity contribution >= 4 is 34.2 Å². The van der Waals surface area contributed by atoms with E-state index in [1.54, 1.807) is 15.9 Å². The van der Waals surface area contributed by atoms with Crippen LogP contribution in [0.2, 0.25) is 0 Å². The number of amides is 3. The molecule has 0 fully saturated rings. The van der Waals surface area contributed by atoms with Gasteiger partial charge in [0.15, 0.2) is 0 Å². The van der Waals surface area contributed by atoms with Crippen LogP contribution < -0.4 is 10.2 Å². The summed E-state index contributed by atoms with van der Waals surface area (Å²) in [6.07, 6.45) is 0.362. The van der Waals surface area contributed by atoms with E-state index in [2.05, 4.69) is 5.32 Å². The number of benzene rings is 4. The van der Waals surface area contributed by atoms with Crippen LogP contribution in [-0.4, -0.2) is 41.2 Å². The second kappa shape index (κ2) is 11.1. The zero-order chi connectivity index (χ0) is 27.5. The standard InChI is InChI=1S/C33H33N3O3/c1-22(2)34-32(38)29(19-24-9-5-4-6-10-24)35(20-25-17-15-23(3)16-18-25)30(37)21-36-28-14-8-12-26-11-7-13-27(31(26)28)33(36)39/h4-18,22,29H,19-21H2,1-3H3,(H,34,38)/t29-/m1/s1. The Balaban J connectivity index is 1.51. The maximum absolute atomic E-state index is 14.2. The summed E-state index contributed by atoms with van der Waals surface area (Å²) in [5.41, 5.74) is 4.31. The Kier molecular flexibility index (Phi) is 7.46. The highest BCUT2D eigenvalue weighted by atomic mass is 16.2. The fourth-order valence-corrected chi connectivity index (χ4v) is 5.19. The molecule has 3 amide bonds. The molecule has 0 aliphatic carbocycles. The summed E-state index contributed by atoms with van der Waals surface area (Å²) >= 11 is 0. The van der Waals surface area contributed by atoms with Crippen molar-refractivity contribution in [1.82, 2.24) is 10.2 Å². The predicted molar refractivity (Wildman–Crippen MR) is 155 cm³/mol. The van der Waals surface area contributed by atoms with Crippen molar-refractivity contribution in [3.63, 3.8) is 0 Å². The molecule has 1 N–H and O–H groups in total. The third kappa shape index (κ3) is 5.55. The molecule has 0 saturated carbocycles. The molecule has 0 bridgehead atoms. The molecule has 198 valence electrons. The van der Waals surface area contributed by atoms with E-state index >= 15 is 0 Å². The van der Waals surface area contributed by atoms with E-state index in [4.69, 9.17) is 0 Å². The Hall–Kier alpha value is -4.45. The lowest BCUT2D eigenvalue weighted by Crippen LogP contribution is -2.54. The number of hydrogen-bond acceptors (Lipinski definition) is 3. The molecular weight excluding hydrogens is 486 g/mol. The summed E-state index contributed by atoms with van der Waals surface area (Å²) in [6.45, 7) is 5.92. The second-order valence-corrected chi connectivity index (χ2v) is 10.4. The number of carbonyl (C=O) groups is 3. The van der Waals surface area contributed by atoms with Crippen molar-refractivity contribution in [3.05, 3.63) is 113 Å². The molecular formula is C33H33N3O3. The molecule has 6 nitrogen and oxygen atoms in total. The van der Waals surface area contributed by atoms with Gasteiger partial charge in [0, 0.05) is 30.0 Å². The molecule has 1 heterocycles. The van der Waals surface area contributed by atoms with Gasteiger partial charge in [-0.2, -0.15) is 0 Å². The van der Waals surface area contributed by atoms with E-state index in [0.29, 0.717) is 12.0 Å². The lowest BCUT2D eigenvalue weighted by molar-refractivity contribution is -0.140. The summed E-state index contributed by atoms with van der Waals surface area (Å²) in [4.78, 5) is 44.4. The number of hydrogen-bond donors (Lipinski definition) is 1. The van der Waals surface area contributed by atoms with Crippen LogP contribution in [0.3, 0.4) is 0 Å². The number of anilines is 1. The van der Waals surface area contributed by atoms with Crippen molar-refractivity contribution in [2.24, 2.45) is 0 Å². The van der Waals surface area contributed by atoms with Crippen LogP contribution in [-0.2, 0) is 22.6 Å². The van der Waals surface area contributed by atoms with Crippen LogP contribution in [0.25, 0.3) is 10.8 Å². The molecule has 0 spiro atoms. The average molecular weight is 520 g/mol. The lowest BCUT2D eigenvalue weighted by Gasteiger charge is -2.33. The van der Waals surface area contributed by atoms with Crippen molar-refractivity contribution in [2.45, 2.75) is 45.8 Å². The molecule has 1 aliphatic heterocycles. The van der Waals surface area contributed by atoms with Crippen LogP contribution in [0.1, 0.15) is 40.9 Å². The monoisotopic (exact) mass is 519 g/mol. The Bertz CT molecular complexity index is 1510. The van der Waals surface area contributed by atoms with Gasteiger partial charge in [-0.05, 0) is 49.4 Å². The molecule has 6 heteroatoms. The average Bonchev–Trinajstić information content (AvgIpc) is 3.19. The summed E-state index contributed by atoms with van der Waals surface area (Å²) in [6, 6.07) is 28.2. The van der Waals surface area contributed by atoms with E-state index < -0.39 is 6.04 Å². The predicted octanol–water partition coefficient (Wildman–Crippen LogP) is 5.27. The minimum Gasteiger partial charge on any atom is -0.352 e. The molecule has 0 radical (unpaired) electrons. The van der Waals surface area contributed by atoms with E-state index in [1.807, 2.05) is 106 Å². The fraction of sp³-hybridized carbons (Fsp3) is 0.242. The molecule has 39 heavy (non-hydrogen) atoms. The first-order chi connectivity index (χ1) is 18.8. The normalized spacial score (nSPS) is 13.1. The summed E-state index contributed by atoms with van der Waals surface area (Å²) < 4.78 is 0. The summed E-state index contributed by atoms with van der Waals surface area (Å²) in [5.74, 6) is -0.697. The van der Waals surface area contributed by atoms with E-state index in [1.165, 1.54) is 0 Å². The van der Waals surface area contributed by atoms with Gasteiger partial charge in [0.25, 0.3) is 5.91 Å². The van der Waals surface area contributed by atoms with Crippen molar-refractivity contribution < 1.29 is 14.4 Å². The number of nitrogens with one attached hydrogen (secondary N) is 1. The van der Waals surface area contributed by atoms with Crippen LogP contribution in [0.15, 0.2) is 91.0 Å². The minimum atomic E-state index is -0.750. The highest BCUT2D eigenvalue weighted by molar-refractivity contribution is 6.26. The first kappa shape index (κ1) is 26.2. The zero-order valence-corrected chi connectivity index (χ0v) is 22.6.